The highest BCUT2D eigenvalue weighted by molar-refractivity contribution is 6.21. The van der Waals surface area contributed by atoms with Crippen molar-refractivity contribution >= 4 is 33.8 Å². The normalized spacial score (nSPS) is 13.8. The highest BCUT2D eigenvalue weighted by atomic mass is 16.4. The van der Waals surface area contributed by atoms with Gasteiger partial charge in [0.15, 0.2) is 0 Å². The van der Waals surface area contributed by atoms with Gasteiger partial charge in [0.1, 0.15) is 11.2 Å². The fourth-order valence-electron chi connectivity index (χ4n) is 3.44. The summed E-state index contributed by atoms with van der Waals surface area (Å²) >= 11 is 0. The monoisotopic (exact) mass is 345 g/mol. The van der Waals surface area contributed by atoms with Gasteiger partial charge in [-0.3, -0.25) is 14.5 Å². The number of imide groups is 1. The van der Waals surface area contributed by atoms with E-state index in [4.69, 9.17) is 8.83 Å². The lowest BCUT2D eigenvalue weighted by atomic mass is 10.0. The summed E-state index contributed by atoms with van der Waals surface area (Å²) in [6, 6.07) is 13.1. The molecule has 3 heterocycles. The van der Waals surface area contributed by atoms with E-state index in [0.29, 0.717) is 33.2 Å². The fraction of sp³-hybridized carbons (Fsp3) is 0.0500. The molecule has 126 valence electrons. The van der Waals surface area contributed by atoms with E-state index in [-0.39, 0.29) is 18.4 Å². The van der Waals surface area contributed by atoms with Gasteiger partial charge in [-0.05, 0) is 29.8 Å². The maximum absolute atomic E-state index is 12.7. The van der Waals surface area contributed by atoms with Gasteiger partial charge in [-0.15, -0.1) is 0 Å². The van der Waals surface area contributed by atoms with Crippen molar-refractivity contribution < 1.29 is 18.4 Å². The highest BCUT2D eigenvalue weighted by Crippen LogP contribution is 2.32. The summed E-state index contributed by atoms with van der Waals surface area (Å²) in [5.74, 6) is -0.673. The van der Waals surface area contributed by atoms with Crippen molar-refractivity contribution in [3.05, 3.63) is 81.9 Å². The van der Waals surface area contributed by atoms with Crippen LogP contribution in [0.5, 0.6) is 0 Å². The average Bonchev–Trinajstić information content (AvgIpc) is 3.20. The van der Waals surface area contributed by atoms with E-state index in [1.54, 1.807) is 42.5 Å². The molecule has 0 saturated heterocycles. The van der Waals surface area contributed by atoms with Crippen LogP contribution in [0, 0.1) is 0 Å². The Kier molecular flexibility index (Phi) is 2.91. The van der Waals surface area contributed by atoms with Crippen LogP contribution in [0.4, 0.5) is 0 Å². The lowest BCUT2D eigenvalue weighted by Gasteiger charge is -2.16. The Morgan fingerprint density at radius 3 is 2.23 bits per heavy atom. The van der Waals surface area contributed by atoms with E-state index in [2.05, 4.69) is 0 Å². The zero-order chi connectivity index (χ0) is 17.8. The molecule has 2 aromatic carbocycles. The molecule has 0 saturated carbocycles. The Balaban J connectivity index is 1.70. The third kappa shape index (κ3) is 1.96. The number of carbonyl (C=O) groups is 2. The molecule has 0 spiro atoms. The minimum absolute atomic E-state index is 0.0629. The van der Waals surface area contributed by atoms with Gasteiger partial charge in [-0.25, -0.2) is 4.79 Å². The van der Waals surface area contributed by atoms with Crippen LogP contribution < -0.4 is 5.63 Å². The Morgan fingerprint density at radius 1 is 0.808 bits per heavy atom. The third-order valence-corrected chi connectivity index (χ3v) is 4.66. The molecule has 1 aliphatic rings. The summed E-state index contributed by atoms with van der Waals surface area (Å²) in [6.45, 7) is 0.0629. The van der Waals surface area contributed by atoms with Gasteiger partial charge in [-0.1, -0.05) is 12.1 Å². The van der Waals surface area contributed by atoms with Gasteiger partial charge in [-0.2, -0.15) is 0 Å². The van der Waals surface area contributed by atoms with Crippen LogP contribution in [0.1, 0.15) is 26.3 Å². The molecule has 4 aromatic rings. The summed E-state index contributed by atoms with van der Waals surface area (Å²) in [6.07, 6.45) is 1.52. The maximum atomic E-state index is 12.7. The smallest absolute Gasteiger partial charge is 0.336 e. The number of hydrogen-bond acceptors (Lipinski definition) is 5. The number of fused-ring (bicyclic) bond motifs is 3. The third-order valence-electron chi connectivity index (χ3n) is 4.66. The van der Waals surface area contributed by atoms with Crippen LogP contribution in [0.2, 0.25) is 0 Å². The van der Waals surface area contributed by atoms with Crippen LogP contribution in [-0.4, -0.2) is 16.7 Å². The first-order valence-corrected chi connectivity index (χ1v) is 8.01. The number of carbonyl (C=O) groups excluding carboxylic acids is 2. The molecule has 0 fully saturated rings. The van der Waals surface area contributed by atoms with Crippen LogP contribution in [-0.2, 0) is 6.54 Å². The van der Waals surface area contributed by atoms with Crippen LogP contribution in [0.25, 0.3) is 21.9 Å². The molecule has 0 unspecified atom stereocenters. The van der Waals surface area contributed by atoms with Gasteiger partial charge >= 0.3 is 5.63 Å². The largest absolute Gasteiger partial charge is 0.464 e. The quantitative estimate of drug-likeness (QED) is 0.411. The van der Waals surface area contributed by atoms with Crippen LogP contribution >= 0.6 is 0 Å². The van der Waals surface area contributed by atoms with Crippen molar-refractivity contribution in [1.29, 1.82) is 0 Å². The van der Waals surface area contributed by atoms with Crippen LogP contribution in [0.15, 0.2) is 68.4 Å². The molecule has 0 radical (unpaired) electrons. The second-order valence-corrected chi connectivity index (χ2v) is 6.10. The Labute approximate surface area is 146 Å². The van der Waals surface area contributed by atoms with Crippen molar-refractivity contribution in [2.45, 2.75) is 6.54 Å². The van der Waals surface area contributed by atoms with E-state index in [1.807, 2.05) is 0 Å². The molecule has 2 amide bonds. The van der Waals surface area contributed by atoms with E-state index >= 15 is 0 Å². The van der Waals surface area contributed by atoms with Gasteiger partial charge < -0.3 is 8.83 Å². The zero-order valence-corrected chi connectivity index (χ0v) is 13.4. The SMILES string of the molecule is O=C1c2ccccc2C(=O)N1Cc1c2ccoc2cc2oc(=O)ccc12. The first-order chi connectivity index (χ1) is 12.6. The van der Waals surface area contributed by atoms with E-state index in [9.17, 15) is 14.4 Å². The Bertz CT molecular complexity index is 1250. The summed E-state index contributed by atoms with van der Waals surface area (Å²) in [5, 5.41) is 1.43. The van der Waals surface area contributed by atoms with Crippen molar-refractivity contribution in [1.82, 2.24) is 4.90 Å². The summed E-state index contributed by atoms with van der Waals surface area (Å²) < 4.78 is 10.7. The zero-order valence-electron chi connectivity index (χ0n) is 13.4. The van der Waals surface area contributed by atoms with E-state index < -0.39 is 5.63 Å². The van der Waals surface area contributed by atoms with E-state index in [0.717, 1.165) is 5.39 Å². The first kappa shape index (κ1) is 14.7. The number of rotatable bonds is 2. The summed E-state index contributed by atoms with van der Waals surface area (Å²) in [5.41, 5.74) is 1.89. The number of hydrogen-bond donors (Lipinski definition) is 0. The summed E-state index contributed by atoms with van der Waals surface area (Å²) in [7, 11) is 0. The Hall–Kier alpha value is -3.67. The molecule has 26 heavy (non-hydrogen) atoms. The van der Waals surface area contributed by atoms with Gasteiger partial charge in [0.2, 0.25) is 0 Å². The molecule has 6 heteroatoms. The standard InChI is InChI=1S/C20H11NO5/c22-18-6-5-11-15(12-7-8-25-16(12)9-17(11)26-18)10-21-19(23)13-3-1-2-4-14(13)20(21)24/h1-9H,10H2. The van der Waals surface area contributed by atoms with Gasteiger partial charge in [0.25, 0.3) is 11.8 Å². The van der Waals surface area contributed by atoms with Gasteiger partial charge in [0.05, 0.1) is 23.9 Å². The molecular formula is C20H11NO5. The molecule has 0 bridgehead atoms. The second kappa shape index (κ2) is 5.16. The number of furan rings is 1. The van der Waals surface area contributed by atoms with Gasteiger partial charge in [0, 0.05) is 22.9 Å². The molecule has 0 atom stereocenters. The number of amides is 2. The lowest BCUT2D eigenvalue weighted by Crippen LogP contribution is -2.29. The number of nitrogens with zero attached hydrogens (tertiary/aromatic N) is 1. The summed E-state index contributed by atoms with van der Waals surface area (Å²) in [4.78, 5) is 38.1. The first-order valence-electron chi connectivity index (χ1n) is 8.01. The fourth-order valence-corrected chi connectivity index (χ4v) is 3.44. The molecule has 5 rings (SSSR count). The molecular weight excluding hydrogens is 334 g/mol. The predicted octanol–water partition coefficient (Wildman–Crippen LogP) is 3.34. The second-order valence-electron chi connectivity index (χ2n) is 6.10. The van der Waals surface area contributed by atoms with Crippen molar-refractivity contribution in [3.8, 4) is 0 Å². The molecule has 6 nitrogen and oxygen atoms in total. The molecule has 0 N–H and O–H groups in total. The van der Waals surface area contributed by atoms with Crippen LogP contribution in [0.3, 0.4) is 0 Å². The van der Waals surface area contributed by atoms with Crippen molar-refractivity contribution in [2.75, 3.05) is 0 Å². The highest BCUT2D eigenvalue weighted by Gasteiger charge is 2.35. The average molecular weight is 345 g/mol. The van der Waals surface area contributed by atoms with Crippen molar-refractivity contribution in [3.63, 3.8) is 0 Å². The number of benzene rings is 2. The minimum atomic E-state index is -0.477. The topological polar surface area (TPSA) is 80.7 Å². The predicted molar refractivity (Wildman–Crippen MR) is 92.9 cm³/mol. The molecule has 2 aromatic heterocycles. The maximum Gasteiger partial charge on any atom is 0.336 e. The molecule has 1 aliphatic heterocycles. The molecule has 0 aliphatic carbocycles. The van der Waals surface area contributed by atoms with Crippen molar-refractivity contribution in [2.24, 2.45) is 0 Å². The Morgan fingerprint density at radius 2 is 1.50 bits per heavy atom. The lowest BCUT2D eigenvalue weighted by molar-refractivity contribution is 0.0643. The minimum Gasteiger partial charge on any atom is -0.464 e. The van der Waals surface area contributed by atoms with E-state index in [1.165, 1.54) is 17.2 Å².